The quantitative estimate of drug-likeness (QED) is 0.381. The standard InChI is InChI=1S/C23H23FN6/c1-2-3-4-7-12-29-18-9-6-5-8-16(18)17-13-15(10-11-19(17)29)22-27-21(25)20-23(28-22)26-14-30(20)24/h5-6,8-11,13-14H,2-4,7,12H2,1H3,(H2,25,27,28). The molecule has 0 radical (unpaired) electrons. The van der Waals surface area contributed by atoms with Crippen LogP contribution in [-0.2, 0) is 6.54 Å². The van der Waals surface area contributed by atoms with Crippen LogP contribution < -0.4 is 5.73 Å². The molecule has 3 heterocycles. The summed E-state index contributed by atoms with van der Waals surface area (Å²) in [6.07, 6.45) is 5.93. The molecule has 0 bridgehead atoms. The Morgan fingerprint density at radius 1 is 0.967 bits per heavy atom. The van der Waals surface area contributed by atoms with Crippen molar-refractivity contribution in [1.29, 1.82) is 0 Å². The number of aromatic nitrogens is 5. The summed E-state index contributed by atoms with van der Waals surface area (Å²) in [7, 11) is 0. The topological polar surface area (TPSA) is 74.6 Å². The molecule has 2 N–H and O–H groups in total. The van der Waals surface area contributed by atoms with E-state index in [2.05, 4.69) is 62.8 Å². The summed E-state index contributed by atoms with van der Waals surface area (Å²) in [5.41, 5.74) is 9.57. The number of anilines is 1. The number of hydrogen-bond donors (Lipinski definition) is 1. The number of halogens is 1. The summed E-state index contributed by atoms with van der Waals surface area (Å²) in [4.78, 5) is 13.1. The average Bonchev–Trinajstić information content (AvgIpc) is 3.29. The van der Waals surface area contributed by atoms with E-state index in [0.29, 0.717) is 10.6 Å². The lowest BCUT2D eigenvalue weighted by atomic mass is 10.1. The number of unbranched alkanes of at least 4 members (excludes halogenated alkanes) is 3. The minimum absolute atomic E-state index is 0.0773. The number of nitrogens with zero attached hydrogens (tertiary/aromatic N) is 5. The molecule has 0 amide bonds. The zero-order chi connectivity index (χ0) is 20.7. The van der Waals surface area contributed by atoms with Crippen molar-refractivity contribution in [3.05, 3.63) is 48.8 Å². The van der Waals surface area contributed by atoms with Gasteiger partial charge in [-0.1, -0.05) is 48.9 Å². The SMILES string of the molecule is CCCCCCn1c2ccccc2c2cc(-c3nc(N)c4c(ncn4F)n3)ccc21. The van der Waals surface area contributed by atoms with E-state index in [0.717, 1.165) is 30.2 Å². The van der Waals surface area contributed by atoms with Crippen molar-refractivity contribution in [1.82, 2.24) is 24.3 Å². The molecule has 0 aliphatic rings. The third kappa shape index (κ3) is 2.98. The molecule has 3 aromatic heterocycles. The Balaban J connectivity index is 1.63. The summed E-state index contributed by atoms with van der Waals surface area (Å²) < 4.78 is 16.2. The molecule has 7 heteroatoms. The van der Waals surface area contributed by atoms with Gasteiger partial charge in [-0.15, -0.1) is 0 Å². The fourth-order valence-electron chi connectivity index (χ4n) is 4.18. The van der Waals surface area contributed by atoms with E-state index in [9.17, 15) is 4.48 Å². The molecule has 152 valence electrons. The molecule has 0 atom stereocenters. The van der Waals surface area contributed by atoms with Gasteiger partial charge in [0.25, 0.3) is 0 Å². The molecular weight excluding hydrogens is 379 g/mol. The predicted octanol–water partition coefficient (Wildman–Crippen LogP) is 5.50. The van der Waals surface area contributed by atoms with Crippen LogP contribution in [0.4, 0.5) is 10.3 Å². The van der Waals surface area contributed by atoms with Crippen molar-refractivity contribution in [2.24, 2.45) is 0 Å². The van der Waals surface area contributed by atoms with Gasteiger partial charge in [-0.2, -0.15) is 4.79 Å². The Morgan fingerprint density at radius 2 is 1.80 bits per heavy atom. The van der Waals surface area contributed by atoms with Gasteiger partial charge in [-0.25, -0.2) is 15.0 Å². The Labute approximate surface area is 173 Å². The Morgan fingerprint density at radius 3 is 2.67 bits per heavy atom. The van der Waals surface area contributed by atoms with E-state index >= 15 is 0 Å². The molecule has 0 fully saturated rings. The van der Waals surface area contributed by atoms with E-state index in [1.54, 1.807) is 0 Å². The maximum Gasteiger partial charge on any atom is 0.186 e. The monoisotopic (exact) mass is 402 g/mol. The van der Waals surface area contributed by atoms with Crippen LogP contribution in [0.25, 0.3) is 44.4 Å². The lowest BCUT2D eigenvalue weighted by Gasteiger charge is -2.08. The van der Waals surface area contributed by atoms with Crippen molar-refractivity contribution >= 4 is 38.8 Å². The molecule has 0 saturated carbocycles. The minimum Gasteiger partial charge on any atom is -0.382 e. The summed E-state index contributed by atoms with van der Waals surface area (Å²) in [5, 5.41) is 2.35. The van der Waals surface area contributed by atoms with E-state index in [-0.39, 0.29) is 17.0 Å². The van der Waals surface area contributed by atoms with E-state index < -0.39 is 0 Å². The van der Waals surface area contributed by atoms with E-state index in [4.69, 9.17) is 5.73 Å². The predicted molar refractivity (Wildman–Crippen MR) is 119 cm³/mol. The largest absolute Gasteiger partial charge is 0.382 e. The van der Waals surface area contributed by atoms with Gasteiger partial charge in [0.1, 0.15) is 6.33 Å². The lowest BCUT2D eigenvalue weighted by molar-refractivity contribution is 0.384. The van der Waals surface area contributed by atoms with Gasteiger partial charge in [-0.05, 0) is 30.7 Å². The summed E-state index contributed by atoms with van der Waals surface area (Å²) in [6.45, 7) is 3.22. The highest BCUT2D eigenvalue weighted by atomic mass is 19.2. The number of benzene rings is 2. The molecule has 0 saturated heterocycles. The van der Waals surface area contributed by atoms with E-state index in [1.165, 1.54) is 35.7 Å². The van der Waals surface area contributed by atoms with Gasteiger partial charge in [-0.3, -0.25) is 0 Å². The van der Waals surface area contributed by atoms with Crippen LogP contribution in [0.1, 0.15) is 32.6 Å². The second-order valence-electron chi connectivity index (χ2n) is 7.62. The molecule has 5 aromatic rings. The van der Waals surface area contributed by atoms with Gasteiger partial charge in [0, 0.05) is 33.9 Å². The highest BCUT2D eigenvalue weighted by Gasteiger charge is 2.15. The molecule has 0 aliphatic heterocycles. The van der Waals surface area contributed by atoms with Crippen LogP contribution in [0.3, 0.4) is 0 Å². The van der Waals surface area contributed by atoms with Crippen molar-refractivity contribution in [3.63, 3.8) is 0 Å². The normalized spacial score (nSPS) is 11.8. The maximum absolute atomic E-state index is 13.8. The van der Waals surface area contributed by atoms with Crippen LogP contribution in [0.5, 0.6) is 0 Å². The zero-order valence-corrected chi connectivity index (χ0v) is 16.8. The van der Waals surface area contributed by atoms with Crippen molar-refractivity contribution in [3.8, 4) is 11.4 Å². The molecule has 30 heavy (non-hydrogen) atoms. The number of hydrogen-bond acceptors (Lipinski definition) is 4. The molecule has 6 nitrogen and oxygen atoms in total. The highest BCUT2D eigenvalue weighted by molar-refractivity contribution is 6.09. The fraction of sp³-hybridized carbons (Fsp3) is 0.261. The number of aryl methyl sites for hydroxylation is 1. The summed E-state index contributed by atoms with van der Waals surface area (Å²) in [6, 6.07) is 14.7. The minimum atomic E-state index is 0.0773. The third-order valence-electron chi connectivity index (χ3n) is 5.65. The Kier molecular flexibility index (Phi) is 4.58. The van der Waals surface area contributed by atoms with Gasteiger partial charge in [0.15, 0.2) is 22.8 Å². The average molecular weight is 402 g/mol. The van der Waals surface area contributed by atoms with Crippen molar-refractivity contribution in [2.75, 3.05) is 5.73 Å². The number of nitrogen functional groups attached to an aromatic ring is 1. The first kappa shape index (κ1) is 18.5. The van der Waals surface area contributed by atoms with Gasteiger partial charge >= 0.3 is 0 Å². The lowest BCUT2D eigenvalue weighted by Crippen LogP contribution is -1.99. The molecule has 0 aliphatic carbocycles. The third-order valence-corrected chi connectivity index (χ3v) is 5.65. The second kappa shape index (κ2) is 7.40. The number of nitrogens with two attached hydrogens (primary N) is 1. The van der Waals surface area contributed by atoms with Crippen LogP contribution >= 0.6 is 0 Å². The summed E-state index contributed by atoms with van der Waals surface area (Å²) >= 11 is 0. The number of para-hydroxylation sites is 1. The zero-order valence-electron chi connectivity index (χ0n) is 16.8. The molecule has 0 spiro atoms. The number of rotatable bonds is 6. The van der Waals surface area contributed by atoms with Gasteiger partial charge in [0.2, 0.25) is 0 Å². The fourth-order valence-corrected chi connectivity index (χ4v) is 4.18. The first-order chi connectivity index (χ1) is 14.7. The Bertz CT molecular complexity index is 1370. The molecule has 2 aromatic carbocycles. The Hall–Kier alpha value is -3.48. The van der Waals surface area contributed by atoms with Crippen molar-refractivity contribution in [2.45, 2.75) is 39.2 Å². The first-order valence-corrected chi connectivity index (χ1v) is 10.4. The molecule has 0 unspecified atom stereocenters. The highest BCUT2D eigenvalue weighted by Crippen LogP contribution is 2.33. The first-order valence-electron chi connectivity index (χ1n) is 10.4. The number of fused-ring (bicyclic) bond motifs is 4. The van der Waals surface area contributed by atoms with Crippen LogP contribution in [0.15, 0.2) is 48.8 Å². The molecule has 5 rings (SSSR count). The number of imidazole rings is 1. The van der Waals surface area contributed by atoms with Crippen LogP contribution in [0.2, 0.25) is 0 Å². The van der Waals surface area contributed by atoms with Crippen LogP contribution in [-0.4, -0.2) is 24.3 Å². The van der Waals surface area contributed by atoms with E-state index in [1.807, 2.05) is 6.07 Å². The van der Waals surface area contributed by atoms with Gasteiger partial charge in [0.05, 0.1) is 0 Å². The van der Waals surface area contributed by atoms with Gasteiger partial charge < -0.3 is 10.3 Å². The second-order valence-corrected chi connectivity index (χ2v) is 7.62. The smallest absolute Gasteiger partial charge is 0.186 e. The molecular formula is C23H23FN6. The summed E-state index contributed by atoms with van der Waals surface area (Å²) in [5.74, 6) is 0.522. The van der Waals surface area contributed by atoms with Crippen molar-refractivity contribution < 1.29 is 4.48 Å². The maximum atomic E-state index is 13.8. The van der Waals surface area contributed by atoms with Crippen LogP contribution in [0, 0.1) is 0 Å².